The third-order valence-electron chi connectivity index (χ3n) is 2.98. The highest BCUT2D eigenvalue weighted by molar-refractivity contribution is 6.29. The molecule has 1 fully saturated rings. The molecule has 1 aromatic heterocycles. The molecule has 0 amide bonds. The topological polar surface area (TPSA) is 47.0 Å². The van der Waals surface area contributed by atoms with Gasteiger partial charge < -0.3 is 10.1 Å². The third kappa shape index (κ3) is 4.22. The Kier molecular flexibility index (Phi) is 5.16. The number of hydrogen-bond acceptors (Lipinski definition) is 4. The van der Waals surface area contributed by atoms with Crippen LogP contribution in [0.15, 0.2) is 12.4 Å². The molecule has 2 heterocycles. The SMILES string of the molecule is Clc1nccnc1COCC[C@H]1CCCCN1. The molecule has 0 radical (unpaired) electrons. The smallest absolute Gasteiger partial charge is 0.152 e. The number of nitrogens with zero attached hydrogens (tertiary/aromatic N) is 2. The molecule has 0 aliphatic carbocycles. The average molecular weight is 256 g/mol. The van der Waals surface area contributed by atoms with Crippen LogP contribution in [0.5, 0.6) is 0 Å². The number of ether oxygens (including phenoxy) is 1. The lowest BCUT2D eigenvalue weighted by atomic mass is 10.0. The number of piperidine rings is 1. The zero-order valence-electron chi connectivity index (χ0n) is 9.86. The monoisotopic (exact) mass is 255 g/mol. The molecule has 1 aliphatic rings. The van der Waals surface area contributed by atoms with Crippen molar-refractivity contribution >= 4 is 11.6 Å². The van der Waals surface area contributed by atoms with Crippen LogP contribution in [-0.4, -0.2) is 29.2 Å². The van der Waals surface area contributed by atoms with E-state index in [0.717, 1.165) is 19.6 Å². The summed E-state index contributed by atoms with van der Waals surface area (Å²) in [5, 5.41) is 3.93. The van der Waals surface area contributed by atoms with E-state index in [0.29, 0.717) is 23.5 Å². The second kappa shape index (κ2) is 6.89. The summed E-state index contributed by atoms with van der Waals surface area (Å²) in [5.41, 5.74) is 0.714. The van der Waals surface area contributed by atoms with Gasteiger partial charge in [-0.25, -0.2) is 4.98 Å². The van der Waals surface area contributed by atoms with E-state index in [4.69, 9.17) is 16.3 Å². The van der Waals surface area contributed by atoms with Gasteiger partial charge >= 0.3 is 0 Å². The molecule has 1 N–H and O–H groups in total. The van der Waals surface area contributed by atoms with E-state index in [1.165, 1.54) is 19.3 Å². The van der Waals surface area contributed by atoms with Gasteiger partial charge in [0.25, 0.3) is 0 Å². The van der Waals surface area contributed by atoms with Gasteiger partial charge in [-0.05, 0) is 25.8 Å². The summed E-state index contributed by atoms with van der Waals surface area (Å²) in [6.45, 7) is 2.32. The summed E-state index contributed by atoms with van der Waals surface area (Å²) in [7, 11) is 0. The first-order chi connectivity index (χ1) is 8.36. The Morgan fingerprint density at radius 3 is 3.00 bits per heavy atom. The molecule has 0 saturated carbocycles. The molecule has 4 nitrogen and oxygen atoms in total. The fourth-order valence-electron chi connectivity index (χ4n) is 2.01. The lowest BCUT2D eigenvalue weighted by Crippen LogP contribution is -2.34. The first-order valence-electron chi connectivity index (χ1n) is 6.13. The Hall–Kier alpha value is -0.710. The van der Waals surface area contributed by atoms with Crippen molar-refractivity contribution < 1.29 is 4.74 Å². The number of aromatic nitrogens is 2. The molecule has 0 spiro atoms. The molecule has 5 heteroatoms. The fourth-order valence-corrected chi connectivity index (χ4v) is 2.17. The van der Waals surface area contributed by atoms with Gasteiger partial charge in [-0.3, -0.25) is 4.98 Å². The van der Waals surface area contributed by atoms with Crippen molar-refractivity contribution in [1.82, 2.24) is 15.3 Å². The molecular weight excluding hydrogens is 238 g/mol. The fraction of sp³-hybridized carbons (Fsp3) is 0.667. The van der Waals surface area contributed by atoms with Crippen LogP contribution < -0.4 is 5.32 Å². The van der Waals surface area contributed by atoms with Gasteiger partial charge in [0.1, 0.15) is 5.69 Å². The van der Waals surface area contributed by atoms with Crippen LogP contribution in [0.2, 0.25) is 5.15 Å². The molecule has 0 aromatic carbocycles. The van der Waals surface area contributed by atoms with Gasteiger partial charge in [0.05, 0.1) is 6.61 Å². The van der Waals surface area contributed by atoms with Crippen molar-refractivity contribution in [3.63, 3.8) is 0 Å². The van der Waals surface area contributed by atoms with Crippen molar-refractivity contribution in [2.24, 2.45) is 0 Å². The molecule has 1 aliphatic heterocycles. The zero-order valence-corrected chi connectivity index (χ0v) is 10.6. The van der Waals surface area contributed by atoms with Gasteiger partial charge in [-0.1, -0.05) is 18.0 Å². The van der Waals surface area contributed by atoms with Crippen LogP contribution in [0.25, 0.3) is 0 Å². The van der Waals surface area contributed by atoms with Crippen molar-refractivity contribution in [3.8, 4) is 0 Å². The van der Waals surface area contributed by atoms with Gasteiger partial charge in [-0.15, -0.1) is 0 Å². The summed E-state index contributed by atoms with van der Waals surface area (Å²) in [5.74, 6) is 0. The second-order valence-electron chi connectivity index (χ2n) is 4.28. The highest BCUT2D eigenvalue weighted by Gasteiger charge is 2.12. The van der Waals surface area contributed by atoms with Crippen molar-refractivity contribution in [3.05, 3.63) is 23.2 Å². The van der Waals surface area contributed by atoms with Crippen LogP contribution in [0.4, 0.5) is 0 Å². The van der Waals surface area contributed by atoms with Gasteiger partial charge in [0.2, 0.25) is 0 Å². The van der Waals surface area contributed by atoms with Crippen molar-refractivity contribution in [1.29, 1.82) is 0 Å². The van der Waals surface area contributed by atoms with E-state index in [2.05, 4.69) is 15.3 Å². The van der Waals surface area contributed by atoms with Gasteiger partial charge in [0, 0.05) is 25.0 Å². The number of halogens is 1. The largest absolute Gasteiger partial charge is 0.375 e. The number of rotatable bonds is 5. The molecular formula is C12H18ClN3O. The second-order valence-corrected chi connectivity index (χ2v) is 4.64. The standard InChI is InChI=1S/C12H18ClN3O/c13-12-11(15-6-7-16-12)9-17-8-4-10-3-1-2-5-14-10/h6-7,10,14H,1-5,8-9H2/t10-/m1/s1. The number of nitrogens with one attached hydrogen (secondary N) is 1. The van der Waals surface area contributed by atoms with E-state index in [1.807, 2.05) is 0 Å². The Labute approximate surface area is 107 Å². The van der Waals surface area contributed by atoms with Crippen molar-refractivity contribution in [2.75, 3.05) is 13.2 Å². The van der Waals surface area contributed by atoms with Gasteiger partial charge in [0.15, 0.2) is 5.15 Å². The minimum absolute atomic E-state index is 0.434. The van der Waals surface area contributed by atoms with E-state index >= 15 is 0 Å². The molecule has 1 saturated heterocycles. The molecule has 1 aromatic rings. The average Bonchev–Trinajstić information content (AvgIpc) is 2.38. The molecule has 17 heavy (non-hydrogen) atoms. The minimum atomic E-state index is 0.434. The molecule has 0 bridgehead atoms. The lowest BCUT2D eigenvalue weighted by molar-refractivity contribution is 0.106. The summed E-state index contributed by atoms with van der Waals surface area (Å²) in [6, 6.07) is 0.612. The molecule has 94 valence electrons. The van der Waals surface area contributed by atoms with E-state index < -0.39 is 0 Å². The predicted molar refractivity (Wildman–Crippen MR) is 67.0 cm³/mol. The Morgan fingerprint density at radius 2 is 2.24 bits per heavy atom. The highest BCUT2D eigenvalue weighted by atomic mass is 35.5. The van der Waals surface area contributed by atoms with Crippen LogP contribution in [0.1, 0.15) is 31.4 Å². The maximum atomic E-state index is 5.89. The summed E-state index contributed by atoms with van der Waals surface area (Å²) in [4.78, 5) is 8.09. The maximum Gasteiger partial charge on any atom is 0.152 e. The molecule has 1 atom stereocenters. The Balaban J connectivity index is 1.64. The van der Waals surface area contributed by atoms with Crippen LogP contribution in [0, 0.1) is 0 Å². The number of hydrogen-bond donors (Lipinski definition) is 1. The Bertz CT molecular complexity index is 342. The van der Waals surface area contributed by atoms with E-state index in [-0.39, 0.29) is 0 Å². The first-order valence-corrected chi connectivity index (χ1v) is 6.50. The highest BCUT2D eigenvalue weighted by Crippen LogP contribution is 2.12. The zero-order chi connectivity index (χ0) is 11.9. The van der Waals surface area contributed by atoms with Gasteiger partial charge in [-0.2, -0.15) is 0 Å². The summed E-state index contributed by atoms with van der Waals surface area (Å²) >= 11 is 5.89. The third-order valence-corrected chi connectivity index (χ3v) is 3.30. The quantitative estimate of drug-likeness (QED) is 0.820. The van der Waals surface area contributed by atoms with E-state index in [1.54, 1.807) is 12.4 Å². The maximum absolute atomic E-state index is 5.89. The first kappa shape index (κ1) is 12.7. The van der Waals surface area contributed by atoms with E-state index in [9.17, 15) is 0 Å². The van der Waals surface area contributed by atoms with Crippen LogP contribution in [0.3, 0.4) is 0 Å². The Morgan fingerprint density at radius 1 is 1.35 bits per heavy atom. The molecule has 2 rings (SSSR count). The summed E-state index contributed by atoms with van der Waals surface area (Å²) in [6.07, 6.45) is 8.15. The van der Waals surface area contributed by atoms with Crippen molar-refractivity contribution in [2.45, 2.75) is 38.3 Å². The molecule has 0 unspecified atom stereocenters. The van der Waals surface area contributed by atoms with Crippen LogP contribution in [-0.2, 0) is 11.3 Å². The predicted octanol–water partition coefficient (Wildman–Crippen LogP) is 2.18. The lowest BCUT2D eigenvalue weighted by Gasteiger charge is -2.23. The summed E-state index contributed by atoms with van der Waals surface area (Å²) < 4.78 is 5.58. The minimum Gasteiger partial charge on any atom is -0.375 e. The normalized spacial score (nSPS) is 20.4. The van der Waals surface area contributed by atoms with Crippen LogP contribution >= 0.6 is 11.6 Å².